The lowest BCUT2D eigenvalue weighted by atomic mass is 10.2. The van der Waals surface area contributed by atoms with Gasteiger partial charge in [0.15, 0.2) is 6.61 Å². The van der Waals surface area contributed by atoms with Crippen molar-refractivity contribution in [1.29, 1.82) is 0 Å². The van der Waals surface area contributed by atoms with Gasteiger partial charge in [-0.2, -0.15) is 0 Å². The molecule has 0 unspecified atom stereocenters. The number of carbonyl (C=O) groups excluding carboxylic acids is 2. The summed E-state index contributed by atoms with van der Waals surface area (Å²) in [5.74, 6) is -0.624. The lowest BCUT2D eigenvalue weighted by Gasteiger charge is -2.26. The van der Waals surface area contributed by atoms with E-state index in [1.165, 1.54) is 16.7 Å². The molecule has 30 heavy (non-hydrogen) atoms. The van der Waals surface area contributed by atoms with Crippen molar-refractivity contribution < 1.29 is 29.0 Å². The Morgan fingerprint density at radius 1 is 1.23 bits per heavy atom. The van der Waals surface area contributed by atoms with Crippen molar-refractivity contribution in [3.05, 3.63) is 34.7 Å². The third-order valence-electron chi connectivity index (χ3n) is 4.55. The molecule has 2 saturated heterocycles. The Kier molecular flexibility index (Phi) is 7.83. The first-order chi connectivity index (χ1) is 14.4. The van der Waals surface area contributed by atoms with Crippen molar-refractivity contribution >= 4 is 52.2 Å². The molecule has 0 aromatic heterocycles. The Labute approximate surface area is 183 Å². The molecule has 0 atom stereocenters. The number of ether oxygens (including phenoxy) is 2. The summed E-state index contributed by atoms with van der Waals surface area (Å²) in [7, 11) is 0. The number of carbonyl (C=O) groups is 3. The number of hydrogen-bond donors (Lipinski definition) is 1. The summed E-state index contributed by atoms with van der Waals surface area (Å²) < 4.78 is 11.2. The van der Waals surface area contributed by atoms with Gasteiger partial charge in [0.1, 0.15) is 10.1 Å². The van der Waals surface area contributed by atoms with E-state index >= 15 is 0 Å². The van der Waals surface area contributed by atoms with Crippen LogP contribution in [0.3, 0.4) is 0 Å². The van der Waals surface area contributed by atoms with Gasteiger partial charge in [-0.3, -0.25) is 19.3 Å². The molecule has 0 radical (unpaired) electrons. The Morgan fingerprint density at radius 3 is 2.60 bits per heavy atom. The number of thiocarbonyl (C=S) groups is 1. The van der Waals surface area contributed by atoms with Gasteiger partial charge in [0.05, 0.1) is 18.1 Å². The summed E-state index contributed by atoms with van der Waals surface area (Å²) in [6.07, 6.45) is 2.08. The van der Waals surface area contributed by atoms with Gasteiger partial charge in [0, 0.05) is 26.1 Å². The number of nitrogens with zero attached hydrogens (tertiary/aromatic N) is 2. The van der Waals surface area contributed by atoms with E-state index in [2.05, 4.69) is 0 Å². The molecule has 10 heteroatoms. The maximum Gasteiger partial charge on any atom is 0.303 e. The molecule has 2 heterocycles. The Balaban J connectivity index is 1.53. The molecule has 2 aliphatic rings. The Morgan fingerprint density at radius 2 is 1.93 bits per heavy atom. The fourth-order valence-corrected chi connectivity index (χ4v) is 4.25. The van der Waals surface area contributed by atoms with E-state index < -0.39 is 5.97 Å². The van der Waals surface area contributed by atoms with E-state index in [4.69, 9.17) is 26.8 Å². The number of benzene rings is 1. The molecule has 2 amide bonds. The molecule has 2 fully saturated rings. The number of aliphatic carboxylic acids is 1. The van der Waals surface area contributed by atoms with Gasteiger partial charge in [-0.25, -0.2) is 0 Å². The van der Waals surface area contributed by atoms with Crippen molar-refractivity contribution in [2.75, 3.05) is 39.5 Å². The summed E-state index contributed by atoms with van der Waals surface area (Å²) in [6, 6.07) is 7.08. The number of carboxylic acid groups (broad SMARTS) is 1. The van der Waals surface area contributed by atoms with Crippen LogP contribution in [0.25, 0.3) is 6.08 Å². The molecule has 1 N–H and O–H groups in total. The highest BCUT2D eigenvalue weighted by Gasteiger charge is 2.31. The first-order valence-electron chi connectivity index (χ1n) is 9.49. The molecular formula is C20H22N2O6S2. The van der Waals surface area contributed by atoms with Crippen LogP contribution in [0.2, 0.25) is 0 Å². The Bertz CT molecular complexity index is 849. The largest absolute Gasteiger partial charge is 0.484 e. The molecule has 0 spiro atoms. The molecular weight excluding hydrogens is 428 g/mol. The van der Waals surface area contributed by atoms with Crippen LogP contribution >= 0.6 is 24.0 Å². The molecule has 8 nitrogen and oxygen atoms in total. The Hall–Kier alpha value is -2.43. The number of amides is 2. The average molecular weight is 451 g/mol. The van der Waals surface area contributed by atoms with Crippen LogP contribution in [0.1, 0.15) is 18.4 Å². The van der Waals surface area contributed by atoms with E-state index in [-0.39, 0.29) is 31.4 Å². The maximum atomic E-state index is 12.5. The zero-order chi connectivity index (χ0) is 21.5. The minimum atomic E-state index is -0.898. The second kappa shape index (κ2) is 10.6. The molecule has 0 saturated carbocycles. The van der Waals surface area contributed by atoms with Gasteiger partial charge < -0.3 is 19.5 Å². The molecule has 3 rings (SSSR count). The van der Waals surface area contributed by atoms with Gasteiger partial charge in [-0.05, 0) is 30.2 Å². The zero-order valence-corrected chi connectivity index (χ0v) is 17.9. The van der Waals surface area contributed by atoms with Crippen LogP contribution < -0.4 is 4.74 Å². The predicted molar refractivity (Wildman–Crippen MR) is 116 cm³/mol. The number of thioether (sulfide) groups is 1. The third kappa shape index (κ3) is 6.04. The smallest absolute Gasteiger partial charge is 0.303 e. The zero-order valence-electron chi connectivity index (χ0n) is 16.2. The molecule has 2 aliphatic heterocycles. The third-order valence-corrected chi connectivity index (χ3v) is 5.93. The van der Waals surface area contributed by atoms with E-state index in [1.807, 2.05) is 0 Å². The predicted octanol–water partition coefficient (Wildman–Crippen LogP) is 1.99. The highest BCUT2D eigenvalue weighted by molar-refractivity contribution is 8.26. The van der Waals surface area contributed by atoms with E-state index in [9.17, 15) is 14.4 Å². The quantitative estimate of drug-likeness (QED) is 0.475. The monoisotopic (exact) mass is 450 g/mol. The van der Waals surface area contributed by atoms with Crippen LogP contribution in [0.4, 0.5) is 0 Å². The second-order valence-electron chi connectivity index (χ2n) is 6.68. The van der Waals surface area contributed by atoms with Gasteiger partial charge in [-0.15, -0.1) is 0 Å². The molecule has 0 bridgehead atoms. The van der Waals surface area contributed by atoms with E-state index in [0.29, 0.717) is 47.7 Å². The van der Waals surface area contributed by atoms with Crippen LogP contribution in [-0.2, 0) is 19.1 Å². The van der Waals surface area contributed by atoms with Crippen LogP contribution in [0.15, 0.2) is 29.2 Å². The lowest BCUT2D eigenvalue weighted by Crippen LogP contribution is -2.42. The van der Waals surface area contributed by atoms with Crippen LogP contribution in [0, 0.1) is 0 Å². The summed E-state index contributed by atoms with van der Waals surface area (Å²) in [5.41, 5.74) is 0.799. The van der Waals surface area contributed by atoms with Crippen molar-refractivity contribution in [3.8, 4) is 5.75 Å². The van der Waals surface area contributed by atoms with Gasteiger partial charge in [0.25, 0.3) is 11.8 Å². The summed E-state index contributed by atoms with van der Waals surface area (Å²) in [5, 5.41) is 8.73. The topological polar surface area (TPSA) is 96.4 Å². The lowest BCUT2D eigenvalue weighted by molar-refractivity contribution is -0.138. The highest BCUT2D eigenvalue weighted by atomic mass is 32.2. The summed E-state index contributed by atoms with van der Waals surface area (Å²) >= 11 is 6.44. The molecule has 1 aromatic carbocycles. The van der Waals surface area contributed by atoms with Gasteiger partial charge in [-0.1, -0.05) is 36.1 Å². The van der Waals surface area contributed by atoms with Crippen LogP contribution in [-0.4, -0.2) is 76.5 Å². The standard InChI is InChI=1S/C20H22N2O6S2/c23-17(21-8-10-27-11-9-21)13-28-15-5-3-14(4-6-15)12-16-19(26)22(20(29)30-16)7-1-2-18(24)25/h3-6,12H,1-2,7-11,13H2,(H,24,25)/b16-12+. The average Bonchev–Trinajstić information content (AvgIpc) is 3.00. The SMILES string of the molecule is O=C(O)CCCN1C(=O)/C(=C\c2ccc(OCC(=O)N3CCOCC3)cc2)SC1=S. The maximum absolute atomic E-state index is 12.5. The fourth-order valence-electron chi connectivity index (χ4n) is 2.94. The van der Waals surface area contributed by atoms with Crippen molar-refractivity contribution in [2.24, 2.45) is 0 Å². The normalized spacial score (nSPS) is 18.2. The van der Waals surface area contributed by atoms with Gasteiger partial charge >= 0.3 is 5.97 Å². The van der Waals surface area contributed by atoms with E-state index in [0.717, 1.165) is 5.56 Å². The summed E-state index contributed by atoms with van der Waals surface area (Å²) in [6.45, 7) is 2.51. The molecule has 160 valence electrons. The van der Waals surface area contributed by atoms with Crippen LogP contribution in [0.5, 0.6) is 5.75 Å². The highest BCUT2D eigenvalue weighted by Crippen LogP contribution is 2.33. The van der Waals surface area contributed by atoms with Crippen molar-refractivity contribution in [3.63, 3.8) is 0 Å². The van der Waals surface area contributed by atoms with E-state index in [1.54, 1.807) is 35.2 Å². The number of morpholine rings is 1. The number of hydrogen-bond acceptors (Lipinski definition) is 7. The fraction of sp³-hybridized carbons (Fsp3) is 0.400. The first-order valence-corrected chi connectivity index (χ1v) is 10.7. The minimum absolute atomic E-state index is 0.00832. The first kappa shape index (κ1) is 22.3. The second-order valence-corrected chi connectivity index (χ2v) is 8.36. The molecule has 0 aliphatic carbocycles. The van der Waals surface area contributed by atoms with Crippen molar-refractivity contribution in [1.82, 2.24) is 9.80 Å². The molecule has 1 aromatic rings. The summed E-state index contributed by atoms with van der Waals surface area (Å²) in [4.78, 5) is 38.9. The van der Waals surface area contributed by atoms with Gasteiger partial charge in [0.2, 0.25) is 0 Å². The van der Waals surface area contributed by atoms with Crippen molar-refractivity contribution in [2.45, 2.75) is 12.8 Å². The minimum Gasteiger partial charge on any atom is -0.484 e. The number of carboxylic acids is 1. The number of rotatable bonds is 8.